The van der Waals surface area contributed by atoms with Crippen LogP contribution in [0.2, 0.25) is 5.02 Å². The highest BCUT2D eigenvalue weighted by molar-refractivity contribution is 6.33. The maximum atomic E-state index is 12.4. The number of nitrogens with zero attached hydrogens (tertiary/aromatic N) is 3. The smallest absolute Gasteiger partial charge is 0.257 e. The Morgan fingerprint density at radius 1 is 1.20 bits per heavy atom. The monoisotopic (exact) mass is 355 g/mol. The Morgan fingerprint density at radius 3 is 2.76 bits per heavy atom. The van der Waals surface area contributed by atoms with E-state index >= 15 is 0 Å². The Morgan fingerprint density at radius 2 is 2.00 bits per heavy atom. The van der Waals surface area contributed by atoms with E-state index in [9.17, 15) is 4.79 Å². The fourth-order valence-electron chi connectivity index (χ4n) is 2.46. The molecule has 5 nitrogen and oxygen atoms in total. The molecule has 0 aliphatic rings. The fraction of sp³-hybridized carbons (Fsp3) is 0.211. The molecule has 3 aromatic rings. The molecule has 0 spiro atoms. The van der Waals surface area contributed by atoms with Crippen molar-refractivity contribution in [2.45, 2.75) is 13.3 Å². The van der Waals surface area contributed by atoms with Crippen molar-refractivity contribution >= 4 is 17.5 Å². The number of halogens is 1. The van der Waals surface area contributed by atoms with Crippen molar-refractivity contribution in [3.8, 4) is 11.5 Å². The van der Waals surface area contributed by atoms with Gasteiger partial charge >= 0.3 is 0 Å². The Bertz CT molecular complexity index is 892. The van der Waals surface area contributed by atoms with Gasteiger partial charge < -0.3 is 9.42 Å². The van der Waals surface area contributed by atoms with Crippen molar-refractivity contribution in [3.63, 3.8) is 0 Å². The van der Waals surface area contributed by atoms with Crippen molar-refractivity contribution < 1.29 is 9.32 Å². The number of hydrogen-bond donors (Lipinski definition) is 0. The van der Waals surface area contributed by atoms with Crippen molar-refractivity contribution in [2.24, 2.45) is 0 Å². The molecular weight excluding hydrogens is 338 g/mol. The van der Waals surface area contributed by atoms with Crippen molar-refractivity contribution in [1.29, 1.82) is 0 Å². The van der Waals surface area contributed by atoms with Crippen LogP contribution in [-0.2, 0) is 6.42 Å². The Kier molecular flexibility index (Phi) is 5.14. The van der Waals surface area contributed by atoms with Crippen LogP contribution in [0.1, 0.15) is 21.7 Å². The molecule has 1 amide bonds. The summed E-state index contributed by atoms with van der Waals surface area (Å²) in [6, 6.07) is 14.9. The highest BCUT2D eigenvalue weighted by atomic mass is 35.5. The van der Waals surface area contributed by atoms with Gasteiger partial charge in [0.25, 0.3) is 11.8 Å². The summed E-state index contributed by atoms with van der Waals surface area (Å²) in [5.74, 6) is 0.919. The Hall–Kier alpha value is -2.66. The summed E-state index contributed by atoms with van der Waals surface area (Å²) in [6.45, 7) is 2.48. The normalized spacial score (nSPS) is 10.7. The minimum Gasteiger partial charge on any atom is -0.341 e. The van der Waals surface area contributed by atoms with Gasteiger partial charge in [-0.15, -0.1) is 0 Å². The maximum Gasteiger partial charge on any atom is 0.257 e. The zero-order valence-corrected chi connectivity index (χ0v) is 14.8. The molecule has 25 heavy (non-hydrogen) atoms. The third-order valence-corrected chi connectivity index (χ3v) is 4.18. The number of aromatic nitrogens is 2. The van der Waals surface area contributed by atoms with E-state index in [0.29, 0.717) is 35.3 Å². The molecule has 0 unspecified atom stereocenters. The Labute approximate surface area is 151 Å². The number of benzene rings is 2. The van der Waals surface area contributed by atoms with E-state index in [4.69, 9.17) is 16.1 Å². The molecule has 0 aliphatic heterocycles. The van der Waals surface area contributed by atoms with Gasteiger partial charge in [-0.3, -0.25) is 4.79 Å². The van der Waals surface area contributed by atoms with Crippen LogP contribution in [0.4, 0.5) is 0 Å². The van der Waals surface area contributed by atoms with E-state index in [0.717, 1.165) is 11.1 Å². The molecule has 2 aromatic carbocycles. The summed E-state index contributed by atoms with van der Waals surface area (Å²) in [6.07, 6.45) is 0.502. The standard InChI is InChI=1S/C19H18ClN3O2/c1-13-6-5-7-14(12-13)18-21-17(22-25-18)10-11-23(2)19(24)15-8-3-4-9-16(15)20/h3-9,12H,10-11H2,1-2H3. The highest BCUT2D eigenvalue weighted by Crippen LogP contribution is 2.19. The summed E-state index contributed by atoms with van der Waals surface area (Å²) >= 11 is 6.08. The molecule has 1 aromatic heterocycles. The minimum absolute atomic E-state index is 0.131. The molecule has 128 valence electrons. The number of likely N-dealkylation sites (N-methyl/N-ethyl adjacent to an activating group) is 1. The summed E-state index contributed by atoms with van der Waals surface area (Å²) in [5, 5.41) is 4.44. The van der Waals surface area contributed by atoms with Crippen LogP contribution < -0.4 is 0 Å². The van der Waals surface area contributed by atoms with Crippen LogP contribution in [0.25, 0.3) is 11.5 Å². The van der Waals surface area contributed by atoms with Gasteiger partial charge in [-0.1, -0.05) is 46.6 Å². The number of amides is 1. The lowest BCUT2D eigenvalue weighted by atomic mass is 10.1. The summed E-state index contributed by atoms with van der Waals surface area (Å²) in [5.41, 5.74) is 2.50. The van der Waals surface area contributed by atoms with Crippen LogP contribution >= 0.6 is 11.6 Å². The molecule has 0 saturated heterocycles. The molecule has 0 atom stereocenters. The first-order valence-corrected chi connectivity index (χ1v) is 8.32. The molecule has 0 fully saturated rings. The van der Waals surface area contributed by atoms with Gasteiger partial charge in [0, 0.05) is 25.6 Å². The summed E-state index contributed by atoms with van der Waals surface area (Å²) in [7, 11) is 1.73. The number of carbonyl (C=O) groups excluding carboxylic acids is 1. The van der Waals surface area contributed by atoms with Gasteiger partial charge in [-0.25, -0.2) is 0 Å². The summed E-state index contributed by atoms with van der Waals surface area (Å²) < 4.78 is 5.32. The second-order valence-corrected chi connectivity index (χ2v) is 6.25. The van der Waals surface area contributed by atoms with E-state index in [2.05, 4.69) is 10.1 Å². The maximum absolute atomic E-state index is 12.4. The highest BCUT2D eigenvalue weighted by Gasteiger charge is 2.16. The van der Waals surface area contributed by atoms with Crippen molar-refractivity contribution in [3.05, 3.63) is 70.5 Å². The predicted molar refractivity (Wildman–Crippen MR) is 96.6 cm³/mol. The SMILES string of the molecule is Cc1cccc(-c2nc(CCN(C)C(=O)c3ccccc3Cl)no2)c1. The zero-order valence-electron chi connectivity index (χ0n) is 14.1. The average Bonchev–Trinajstić information content (AvgIpc) is 3.08. The molecule has 0 aliphatic carbocycles. The number of hydrogen-bond acceptors (Lipinski definition) is 4. The third kappa shape index (κ3) is 4.06. The molecule has 6 heteroatoms. The lowest BCUT2D eigenvalue weighted by Crippen LogP contribution is -2.29. The van der Waals surface area contributed by atoms with Gasteiger partial charge in [0.1, 0.15) is 0 Å². The predicted octanol–water partition coefficient (Wildman–Crippen LogP) is 4.01. The van der Waals surface area contributed by atoms with Crippen LogP contribution in [0, 0.1) is 6.92 Å². The lowest BCUT2D eigenvalue weighted by molar-refractivity contribution is 0.0796. The molecule has 0 N–H and O–H groups in total. The van der Waals surface area contributed by atoms with Gasteiger partial charge in [-0.05, 0) is 31.2 Å². The molecule has 3 rings (SSSR count). The molecule has 0 radical (unpaired) electrons. The summed E-state index contributed by atoms with van der Waals surface area (Å²) in [4.78, 5) is 18.4. The van der Waals surface area contributed by atoms with Crippen LogP contribution in [0.3, 0.4) is 0 Å². The van der Waals surface area contributed by atoms with E-state index in [1.165, 1.54) is 0 Å². The van der Waals surface area contributed by atoms with Crippen molar-refractivity contribution in [2.75, 3.05) is 13.6 Å². The first-order valence-electron chi connectivity index (χ1n) is 7.94. The van der Waals surface area contributed by atoms with E-state index in [1.807, 2.05) is 31.2 Å². The second-order valence-electron chi connectivity index (χ2n) is 5.84. The van der Waals surface area contributed by atoms with Crippen LogP contribution in [-0.4, -0.2) is 34.5 Å². The van der Waals surface area contributed by atoms with Crippen LogP contribution in [0.5, 0.6) is 0 Å². The average molecular weight is 356 g/mol. The Balaban J connectivity index is 1.64. The molecule has 0 bridgehead atoms. The largest absolute Gasteiger partial charge is 0.341 e. The molecule has 0 saturated carbocycles. The van der Waals surface area contributed by atoms with Gasteiger partial charge in [0.05, 0.1) is 10.6 Å². The minimum atomic E-state index is -0.131. The van der Waals surface area contributed by atoms with Gasteiger partial charge in [-0.2, -0.15) is 4.98 Å². The first-order chi connectivity index (χ1) is 12.0. The first kappa shape index (κ1) is 17.2. The quantitative estimate of drug-likeness (QED) is 0.693. The molecular formula is C19H18ClN3O2. The second kappa shape index (κ2) is 7.49. The van der Waals surface area contributed by atoms with E-state index < -0.39 is 0 Å². The number of aryl methyl sites for hydroxylation is 1. The van der Waals surface area contributed by atoms with Crippen molar-refractivity contribution in [1.82, 2.24) is 15.0 Å². The lowest BCUT2D eigenvalue weighted by Gasteiger charge is -2.16. The van der Waals surface area contributed by atoms with Gasteiger partial charge in [0.2, 0.25) is 0 Å². The van der Waals surface area contributed by atoms with Crippen LogP contribution in [0.15, 0.2) is 53.1 Å². The number of carbonyl (C=O) groups is 1. The zero-order chi connectivity index (χ0) is 17.8. The van der Waals surface area contributed by atoms with E-state index in [1.54, 1.807) is 36.2 Å². The fourth-order valence-corrected chi connectivity index (χ4v) is 2.68. The molecule has 1 heterocycles. The topological polar surface area (TPSA) is 59.2 Å². The van der Waals surface area contributed by atoms with E-state index in [-0.39, 0.29) is 5.91 Å². The number of rotatable bonds is 5. The van der Waals surface area contributed by atoms with Gasteiger partial charge in [0.15, 0.2) is 5.82 Å². The third-order valence-electron chi connectivity index (χ3n) is 3.85.